The summed E-state index contributed by atoms with van der Waals surface area (Å²) in [6.45, 7) is 1.98. The monoisotopic (exact) mass is 260 g/mol. The topological polar surface area (TPSA) is 80.9 Å². The third-order valence-electron chi connectivity index (χ3n) is 3.06. The molecule has 100 valence electrons. The number of hydrogen-bond donors (Lipinski definition) is 1. The number of hydrogen-bond acceptors (Lipinski definition) is 4. The fourth-order valence-corrected chi connectivity index (χ4v) is 1.98. The van der Waals surface area contributed by atoms with E-state index in [4.69, 9.17) is 0 Å². The minimum absolute atomic E-state index is 0.289. The van der Waals surface area contributed by atoms with Crippen molar-refractivity contribution in [3.05, 3.63) is 41.2 Å². The second-order valence-corrected chi connectivity index (χ2v) is 4.57. The Hall–Kier alpha value is -2.24. The zero-order valence-corrected chi connectivity index (χ0v) is 10.9. The van der Waals surface area contributed by atoms with Crippen LogP contribution < -0.4 is 0 Å². The van der Waals surface area contributed by atoms with Crippen molar-refractivity contribution in [2.75, 3.05) is 0 Å². The molecule has 0 saturated heterocycles. The normalized spacial score (nSPS) is 12.3. The van der Waals surface area contributed by atoms with E-state index in [2.05, 4.69) is 15.4 Å². The van der Waals surface area contributed by atoms with E-state index in [9.17, 15) is 9.90 Å². The lowest BCUT2D eigenvalue weighted by atomic mass is 9.93. The molecule has 0 spiro atoms. The lowest BCUT2D eigenvalue weighted by Gasteiger charge is -2.12. The Morgan fingerprint density at radius 2 is 2.11 bits per heavy atom. The zero-order chi connectivity index (χ0) is 13.8. The quantitative estimate of drug-likeness (QED) is 0.867. The van der Waals surface area contributed by atoms with Gasteiger partial charge in [-0.3, -0.25) is 4.79 Å². The number of rotatable bonds is 5. The van der Waals surface area contributed by atoms with Gasteiger partial charge in [0.25, 0.3) is 0 Å². The highest BCUT2D eigenvalue weighted by molar-refractivity contribution is 5.70. The summed E-state index contributed by atoms with van der Waals surface area (Å²) in [7, 11) is 1.66. The molecule has 0 fully saturated rings. The van der Waals surface area contributed by atoms with Crippen LogP contribution in [-0.2, 0) is 24.7 Å². The maximum atomic E-state index is 11.3. The van der Waals surface area contributed by atoms with Crippen LogP contribution in [0.15, 0.2) is 24.3 Å². The average molecular weight is 260 g/mol. The Bertz CT molecular complexity index is 580. The molecule has 0 saturated carbocycles. The molecule has 0 aliphatic carbocycles. The van der Waals surface area contributed by atoms with Crippen molar-refractivity contribution in [3.8, 4) is 0 Å². The van der Waals surface area contributed by atoms with Crippen LogP contribution in [0.5, 0.6) is 0 Å². The van der Waals surface area contributed by atoms with E-state index in [0.717, 1.165) is 11.1 Å². The smallest absolute Gasteiger partial charge is 0.307 e. The second kappa shape index (κ2) is 5.60. The lowest BCUT2D eigenvalue weighted by molar-refractivity contribution is -0.141. The predicted octanol–water partition coefficient (Wildman–Crippen LogP) is 1.00. The van der Waals surface area contributed by atoms with Crippen molar-refractivity contribution < 1.29 is 9.90 Å². The number of tetrazole rings is 1. The maximum absolute atomic E-state index is 11.3. The number of aryl methyl sites for hydroxylation is 2. The van der Waals surface area contributed by atoms with Gasteiger partial charge in [-0.15, -0.1) is 10.2 Å². The van der Waals surface area contributed by atoms with Gasteiger partial charge in [0, 0.05) is 6.42 Å². The van der Waals surface area contributed by atoms with Crippen molar-refractivity contribution in [2.24, 2.45) is 13.0 Å². The van der Waals surface area contributed by atoms with E-state index in [1.807, 2.05) is 31.2 Å². The molecule has 6 nitrogen and oxygen atoms in total. The minimum Gasteiger partial charge on any atom is -0.481 e. The van der Waals surface area contributed by atoms with Crippen LogP contribution in [0.1, 0.15) is 17.0 Å². The molecule has 1 heterocycles. The largest absolute Gasteiger partial charge is 0.481 e. The highest BCUT2D eigenvalue weighted by Crippen LogP contribution is 2.16. The van der Waals surface area contributed by atoms with Gasteiger partial charge in [-0.1, -0.05) is 24.3 Å². The van der Waals surface area contributed by atoms with Gasteiger partial charge in [0.2, 0.25) is 0 Å². The Morgan fingerprint density at radius 1 is 1.37 bits per heavy atom. The molecule has 6 heteroatoms. The number of aliphatic carboxylic acids is 1. The summed E-state index contributed by atoms with van der Waals surface area (Å²) in [5.74, 6) is -0.913. The van der Waals surface area contributed by atoms with Gasteiger partial charge in [0.05, 0.1) is 13.0 Å². The SMILES string of the molecule is Cc1ccccc1CC(Cc1nnn(C)n1)C(=O)O. The minimum atomic E-state index is -0.837. The molecular weight excluding hydrogens is 244 g/mol. The average Bonchev–Trinajstić information content (AvgIpc) is 2.76. The van der Waals surface area contributed by atoms with Crippen LogP contribution in [0.4, 0.5) is 0 Å². The fourth-order valence-electron chi connectivity index (χ4n) is 1.98. The van der Waals surface area contributed by atoms with Gasteiger partial charge in [-0.25, -0.2) is 0 Å². The molecule has 2 rings (SSSR count). The Labute approximate surface area is 111 Å². The molecular formula is C13H16N4O2. The molecule has 19 heavy (non-hydrogen) atoms. The summed E-state index contributed by atoms with van der Waals surface area (Å²) in [6, 6.07) is 7.80. The molecule has 1 aromatic carbocycles. The molecule has 0 aliphatic heterocycles. The third kappa shape index (κ3) is 3.37. The molecule has 0 amide bonds. The van der Waals surface area contributed by atoms with Crippen molar-refractivity contribution in [1.82, 2.24) is 20.2 Å². The number of carbonyl (C=O) groups is 1. The molecule has 2 aromatic rings. The van der Waals surface area contributed by atoms with Crippen LogP contribution in [0.3, 0.4) is 0 Å². The van der Waals surface area contributed by atoms with E-state index < -0.39 is 11.9 Å². The standard InChI is InChI=1S/C13H16N4O2/c1-9-5-3-4-6-10(9)7-11(13(18)19)8-12-14-16-17(2)15-12/h3-6,11H,7-8H2,1-2H3,(H,18,19). The highest BCUT2D eigenvalue weighted by Gasteiger charge is 2.21. The maximum Gasteiger partial charge on any atom is 0.307 e. The molecule has 1 unspecified atom stereocenters. The van der Waals surface area contributed by atoms with Crippen LogP contribution >= 0.6 is 0 Å². The Kier molecular flexibility index (Phi) is 3.89. The number of aromatic nitrogens is 4. The number of benzene rings is 1. The van der Waals surface area contributed by atoms with Gasteiger partial charge in [0.15, 0.2) is 5.82 Å². The lowest BCUT2D eigenvalue weighted by Crippen LogP contribution is -2.20. The van der Waals surface area contributed by atoms with Crippen molar-refractivity contribution in [2.45, 2.75) is 19.8 Å². The number of carboxylic acids is 1. The molecule has 0 aliphatic rings. The summed E-state index contributed by atoms with van der Waals surface area (Å²) in [5, 5.41) is 20.9. The molecule has 0 bridgehead atoms. The van der Waals surface area contributed by atoms with Gasteiger partial charge in [-0.05, 0) is 29.7 Å². The molecule has 1 atom stereocenters. The van der Waals surface area contributed by atoms with Crippen LogP contribution in [0.2, 0.25) is 0 Å². The Balaban J connectivity index is 2.13. The summed E-state index contributed by atoms with van der Waals surface area (Å²) in [4.78, 5) is 12.7. The first kappa shape index (κ1) is 13.2. The van der Waals surface area contributed by atoms with E-state index in [1.165, 1.54) is 4.80 Å². The van der Waals surface area contributed by atoms with E-state index in [1.54, 1.807) is 7.05 Å². The third-order valence-corrected chi connectivity index (χ3v) is 3.06. The summed E-state index contributed by atoms with van der Waals surface area (Å²) in [6.07, 6.45) is 0.762. The molecule has 1 aromatic heterocycles. The van der Waals surface area contributed by atoms with Gasteiger partial charge in [-0.2, -0.15) is 4.80 Å². The fraction of sp³-hybridized carbons (Fsp3) is 0.385. The van der Waals surface area contributed by atoms with Gasteiger partial charge in [0.1, 0.15) is 0 Å². The van der Waals surface area contributed by atoms with Gasteiger partial charge >= 0.3 is 5.97 Å². The van der Waals surface area contributed by atoms with Crippen LogP contribution in [0, 0.1) is 12.8 Å². The second-order valence-electron chi connectivity index (χ2n) is 4.57. The summed E-state index contributed by atoms with van der Waals surface area (Å²) < 4.78 is 0. The van der Waals surface area contributed by atoms with E-state index >= 15 is 0 Å². The Morgan fingerprint density at radius 3 is 2.68 bits per heavy atom. The zero-order valence-electron chi connectivity index (χ0n) is 10.9. The first-order valence-corrected chi connectivity index (χ1v) is 6.06. The van der Waals surface area contributed by atoms with Crippen molar-refractivity contribution >= 4 is 5.97 Å². The first-order chi connectivity index (χ1) is 9.06. The van der Waals surface area contributed by atoms with Crippen molar-refractivity contribution in [3.63, 3.8) is 0 Å². The van der Waals surface area contributed by atoms with E-state index in [0.29, 0.717) is 12.2 Å². The summed E-state index contributed by atoms with van der Waals surface area (Å²) in [5.41, 5.74) is 2.14. The molecule has 0 radical (unpaired) electrons. The number of carboxylic acid groups (broad SMARTS) is 1. The number of nitrogens with zero attached hydrogens (tertiary/aromatic N) is 4. The van der Waals surface area contributed by atoms with Crippen LogP contribution in [0.25, 0.3) is 0 Å². The van der Waals surface area contributed by atoms with Gasteiger partial charge < -0.3 is 5.11 Å². The first-order valence-electron chi connectivity index (χ1n) is 6.06. The molecule has 1 N–H and O–H groups in total. The van der Waals surface area contributed by atoms with Crippen LogP contribution in [-0.4, -0.2) is 31.3 Å². The highest BCUT2D eigenvalue weighted by atomic mass is 16.4. The predicted molar refractivity (Wildman–Crippen MR) is 68.5 cm³/mol. The van der Waals surface area contributed by atoms with E-state index in [-0.39, 0.29) is 6.42 Å². The van der Waals surface area contributed by atoms with Crippen molar-refractivity contribution in [1.29, 1.82) is 0 Å². The summed E-state index contributed by atoms with van der Waals surface area (Å²) >= 11 is 0.